The van der Waals surface area contributed by atoms with E-state index in [0.717, 1.165) is 15.8 Å². The van der Waals surface area contributed by atoms with Gasteiger partial charge in [0.2, 0.25) is 0 Å². The van der Waals surface area contributed by atoms with Crippen molar-refractivity contribution < 1.29 is 9.21 Å². The number of hydrogen-bond donors (Lipinski definition) is 1. The molecule has 5 rings (SSSR count). The summed E-state index contributed by atoms with van der Waals surface area (Å²) in [5, 5.41) is 5.62. The summed E-state index contributed by atoms with van der Waals surface area (Å²) < 4.78 is 5.28. The van der Waals surface area contributed by atoms with Gasteiger partial charge in [-0.15, -0.1) is 11.3 Å². The number of pyridine rings is 1. The molecule has 0 fully saturated rings. The Balaban J connectivity index is 1.46. The minimum absolute atomic E-state index is 0.257. The quantitative estimate of drug-likeness (QED) is 0.472. The molecule has 0 aliphatic heterocycles. The second-order valence-electron chi connectivity index (χ2n) is 6.15. The second-order valence-corrected chi connectivity index (χ2v) is 7.04. The predicted molar refractivity (Wildman–Crippen MR) is 111 cm³/mol. The van der Waals surface area contributed by atoms with Crippen molar-refractivity contribution in [2.75, 3.05) is 5.32 Å². The molecule has 4 heterocycles. The first-order valence-corrected chi connectivity index (χ1v) is 9.63. The molecule has 4 aromatic heterocycles. The van der Waals surface area contributed by atoms with Crippen LogP contribution in [-0.2, 0) is 0 Å². The molecule has 0 unspecified atom stereocenters. The molecule has 1 N–H and O–H groups in total. The van der Waals surface area contributed by atoms with E-state index < -0.39 is 0 Å². The van der Waals surface area contributed by atoms with Crippen LogP contribution < -0.4 is 5.32 Å². The molecule has 8 heteroatoms. The van der Waals surface area contributed by atoms with Gasteiger partial charge in [-0.05, 0) is 35.7 Å². The number of benzene rings is 1. The third kappa shape index (κ3) is 3.37. The topological polar surface area (TPSA) is 93.8 Å². The Kier molecular flexibility index (Phi) is 4.30. The van der Waals surface area contributed by atoms with Gasteiger partial charge in [0, 0.05) is 17.3 Å². The number of aromatic nitrogens is 4. The lowest BCUT2D eigenvalue weighted by Crippen LogP contribution is -2.13. The van der Waals surface area contributed by atoms with Gasteiger partial charge in [-0.25, -0.2) is 15.0 Å². The number of amides is 1. The number of rotatable bonds is 4. The molecule has 0 atom stereocenters. The third-order valence-corrected chi connectivity index (χ3v) is 5.12. The van der Waals surface area contributed by atoms with Crippen LogP contribution in [0.5, 0.6) is 0 Å². The SMILES string of the molecule is O=C(Nc1nc(-c2ccccn2)nc2sccc12)c1ccc(-c2cnco2)cc1. The number of carbonyl (C=O) groups excluding carboxylic acids is 1. The maximum atomic E-state index is 12.8. The maximum absolute atomic E-state index is 12.8. The molecule has 0 saturated heterocycles. The van der Waals surface area contributed by atoms with Crippen LogP contribution in [0.3, 0.4) is 0 Å². The van der Waals surface area contributed by atoms with E-state index in [2.05, 4.69) is 25.3 Å². The van der Waals surface area contributed by atoms with Crippen LogP contribution in [-0.4, -0.2) is 25.8 Å². The Morgan fingerprint density at radius 1 is 1.03 bits per heavy atom. The third-order valence-electron chi connectivity index (χ3n) is 4.31. The Hall–Kier alpha value is -3.91. The highest BCUT2D eigenvalue weighted by Gasteiger charge is 2.15. The van der Waals surface area contributed by atoms with Crippen LogP contribution in [0.15, 0.2) is 77.1 Å². The lowest BCUT2D eigenvalue weighted by Gasteiger charge is -2.08. The molecule has 0 aliphatic rings. The average Bonchev–Trinajstić information content (AvgIpc) is 3.46. The summed E-state index contributed by atoms with van der Waals surface area (Å²) in [6.45, 7) is 0. The van der Waals surface area contributed by atoms with Crippen LogP contribution in [0.1, 0.15) is 10.4 Å². The normalized spacial score (nSPS) is 10.9. The number of anilines is 1. The zero-order valence-electron chi connectivity index (χ0n) is 14.9. The van der Waals surface area contributed by atoms with Gasteiger partial charge in [-0.2, -0.15) is 0 Å². The summed E-state index contributed by atoms with van der Waals surface area (Å²) in [7, 11) is 0. The summed E-state index contributed by atoms with van der Waals surface area (Å²) in [5.41, 5.74) is 2.00. The van der Waals surface area contributed by atoms with Gasteiger partial charge in [0.1, 0.15) is 16.3 Å². The first-order chi connectivity index (χ1) is 14.3. The van der Waals surface area contributed by atoms with Crippen LogP contribution >= 0.6 is 11.3 Å². The number of oxazole rings is 1. The number of fused-ring (bicyclic) bond motifs is 1. The Morgan fingerprint density at radius 3 is 2.69 bits per heavy atom. The number of hydrogen-bond acceptors (Lipinski definition) is 7. The van der Waals surface area contributed by atoms with Gasteiger partial charge in [0.15, 0.2) is 18.0 Å². The molecule has 0 bridgehead atoms. The van der Waals surface area contributed by atoms with Gasteiger partial charge in [-0.1, -0.05) is 18.2 Å². The number of carbonyl (C=O) groups is 1. The molecule has 29 heavy (non-hydrogen) atoms. The monoisotopic (exact) mass is 399 g/mol. The van der Waals surface area contributed by atoms with Gasteiger partial charge < -0.3 is 9.73 Å². The number of nitrogens with one attached hydrogen (secondary N) is 1. The van der Waals surface area contributed by atoms with Gasteiger partial charge in [-0.3, -0.25) is 9.78 Å². The van der Waals surface area contributed by atoms with E-state index >= 15 is 0 Å². The highest BCUT2D eigenvalue weighted by Crippen LogP contribution is 2.28. The number of thiophene rings is 1. The second kappa shape index (κ2) is 7.25. The van der Waals surface area contributed by atoms with Crippen molar-refractivity contribution in [2.24, 2.45) is 0 Å². The molecule has 0 aliphatic carbocycles. The zero-order chi connectivity index (χ0) is 19.6. The van der Waals surface area contributed by atoms with E-state index in [-0.39, 0.29) is 5.91 Å². The first-order valence-electron chi connectivity index (χ1n) is 8.75. The van der Waals surface area contributed by atoms with Crippen molar-refractivity contribution in [3.63, 3.8) is 0 Å². The smallest absolute Gasteiger partial charge is 0.256 e. The van der Waals surface area contributed by atoms with Gasteiger partial charge >= 0.3 is 0 Å². The Bertz CT molecular complexity index is 1280. The van der Waals surface area contributed by atoms with Crippen LogP contribution in [0, 0.1) is 0 Å². The van der Waals surface area contributed by atoms with E-state index in [9.17, 15) is 4.79 Å². The van der Waals surface area contributed by atoms with Crippen molar-refractivity contribution in [3.8, 4) is 22.8 Å². The lowest BCUT2D eigenvalue weighted by molar-refractivity contribution is 0.102. The standard InChI is InChI=1S/C21H13N5O2S/c27-20(14-6-4-13(5-7-14)17-11-22-12-28-17)25-18-15-8-10-29-21(15)26-19(24-18)16-3-1-2-9-23-16/h1-12H,(H,24,25,26,27). The molecule has 7 nitrogen and oxygen atoms in total. The fourth-order valence-electron chi connectivity index (χ4n) is 2.88. The molecule has 5 aromatic rings. The van der Waals surface area contributed by atoms with E-state index in [1.807, 2.05) is 41.8 Å². The molecule has 0 saturated carbocycles. The molecular formula is C21H13N5O2S. The van der Waals surface area contributed by atoms with Crippen LogP contribution in [0.4, 0.5) is 5.82 Å². The summed E-state index contributed by atoms with van der Waals surface area (Å²) in [4.78, 5) is 30.9. The molecule has 1 aromatic carbocycles. The zero-order valence-corrected chi connectivity index (χ0v) is 15.8. The summed E-state index contributed by atoms with van der Waals surface area (Å²) in [6.07, 6.45) is 4.68. The highest BCUT2D eigenvalue weighted by atomic mass is 32.1. The number of nitrogens with zero attached hydrogens (tertiary/aromatic N) is 4. The van der Waals surface area contributed by atoms with Crippen LogP contribution in [0.25, 0.3) is 33.1 Å². The summed E-state index contributed by atoms with van der Waals surface area (Å²) in [5.74, 6) is 1.32. The molecule has 140 valence electrons. The summed E-state index contributed by atoms with van der Waals surface area (Å²) >= 11 is 1.49. The Labute approximate surface area is 169 Å². The highest BCUT2D eigenvalue weighted by molar-refractivity contribution is 7.16. The van der Waals surface area contributed by atoms with E-state index in [1.54, 1.807) is 24.5 Å². The molecular weight excluding hydrogens is 386 g/mol. The predicted octanol–water partition coefficient (Wildman–Crippen LogP) is 4.66. The molecule has 1 amide bonds. The van der Waals surface area contributed by atoms with E-state index in [1.165, 1.54) is 17.7 Å². The van der Waals surface area contributed by atoms with Crippen molar-refractivity contribution in [1.82, 2.24) is 19.9 Å². The Morgan fingerprint density at radius 2 is 1.93 bits per heavy atom. The fraction of sp³-hybridized carbons (Fsp3) is 0. The summed E-state index contributed by atoms with van der Waals surface area (Å²) in [6, 6.07) is 14.5. The molecule has 0 spiro atoms. The van der Waals surface area contributed by atoms with Crippen molar-refractivity contribution >= 4 is 33.3 Å². The van der Waals surface area contributed by atoms with E-state index in [4.69, 9.17) is 4.42 Å². The molecule has 0 radical (unpaired) electrons. The largest absolute Gasteiger partial charge is 0.444 e. The van der Waals surface area contributed by atoms with E-state index in [0.29, 0.717) is 28.7 Å². The fourth-order valence-corrected chi connectivity index (χ4v) is 3.65. The minimum atomic E-state index is -0.257. The van der Waals surface area contributed by atoms with Crippen molar-refractivity contribution in [2.45, 2.75) is 0 Å². The van der Waals surface area contributed by atoms with Crippen molar-refractivity contribution in [3.05, 3.63) is 78.3 Å². The maximum Gasteiger partial charge on any atom is 0.256 e. The van der Waals surface area contributed by atoms with Gasteiger partial charge in [0.25, 0.3) is 5.91 Å². The minimum Gasteiger partial charge on any atom is -0.444 e. The van der Waals surface area contributed by atoms with Crippen molar-refractivity contribution in [1.29, 1.82) is 0 Å². The first kappa shape index (κ1) is 17.2. The average molecular weight is 399 g/mol. The van der Waals surface area contributed by atoms with Crippen LogP contribution in [0.2, 0.25) is 0 Å². The van der Waals surface area contributed by atoms with Gasteiger partial charge in [0.05, 0.1) is 11.6 Å². The lowest BCUT2D eigenvalue weighted by atomic mass is 10.1.